The summed E-state index contributed by atoms with van der Waals surface area (Å²) in [6.07, 6.45) is 0. The number of rotatable bonds is 7. The number of benzene rings is 1. The first-order chi connectivity index (χ1) is 8.86. The maximum Gasteiger partial charge on any atom is 0.218 e. The van der Waals surface area contributed by atoms with Crippen LogP contribution in [0.25, 0.3) is 0 Å². The lowest BCUT2D eigenvalue weighted by Gasteiger charge is -2.20. The molecule has 1 rings (SSSR count). The molecule has 0 aromatic heterocycles. The summed E-state index contributed by atoms with van der Waals surface area (Å²) >= 11 is 0. The molecule has 0 bridgehead atoms. The summed E-state index contributed by atoms with van der Waals surface area (Å²) < 4.78 is 25.9. The summed E-state index contributed by atoms with van der Waals surface area (Å²) in [6.45, 7) is 1.54. The molecule has 1 aromatic rings. The largest absolute Gasteiger partial charge is 0.326 e. The van der Waals surface area contributed by atoms with Gasteiger partial charge in [0.15, 0.2) is 0 Å². The smallest absolute Gasteiger partial charge is 0.218 e. The average Bonchev–Trinajstić information content (AvgIpc) is 2.36. The van der Waals surface area contributed by atoms with Gasteiger partial charge in [-0.2, -0.15) is 0 Å². The number of nitrogens with zero attached hydrogens (tertiary/aromatic N) is 2. The average molecular weight is 285 g/mol. The van der Waals surface area contributed by atoms with Crippen LogP contribution in [-0.4, -0.2) is 51.9 Å². The number of nitrogens with two attached hydrogens (primary N) is 1. The zero-order valence-corrected chi connectivity index (χ0v) is 12.7. The fraction of sp³-hybridized carbons (Fsp3) is 0.538. The molecule has 2 N–H and O–H groups in total. The highest BCUT2D eigenvalue weighted by Crippen LogP contribution is 2.14. The second-order valence-corrected chi connectivity index (χ2v) is 6.93. The fourth-order valence-corrected chi connectivity index (χ4v) is 2.94. The van der Waals surface area contributed by atoms with E-state index < -0.39 is 10.0 Å². The molecule has 0 aliphatic heterocycles. The maximum absolute atomic E-state index is 12.2. The van der Waals surface area contributed by atoms with E-state index >= 15 is 0 Å². The molecule has 0 fully saturated rings. The predicted molar refractivity (Wildman–Crippen MR) is 78.1 cm³/mol. The van der Waals surface area contributed by atoms with Crippen LogP contribution in [-0.2, 0) is 22.3 Å². The number of likely N-dealkylation sites (N-methyl/N-ethyl adjacent to an activating group) is 2. The summed E-state index contributed by atoms with van der Waals surface area (Å²) in [5, 5.41) is 0. The lowest BCUT2D eigenvalue weighted by Crippen LogP contribution is -2.34. The highest BCUT2D eigenvalue weighted by molar-refractivity contribution is 7.88. The number of sulfonamides is 1. The lowest BCUT2D eigenvalue weighted by molar-refractivity contribution is 0.358. The first-order valence-corrected chi connectivity index (χ1v) is 7.83. The van der Waals surface area contributed by atoms with Gasteiger partial charge in [-0.25, -0.2) is 12.7 Å². The van der Waals surface area contributed by atoms with E-state index in [0.717, 1.165) is 11.1 Å². The van der Waals surface area contributed by atoms with Crippen LogP contribution < -0.4 is 5.73 Å². The summed E-state index contributed by atoms with van der Waals surface area (Å²) in [5.74, 6) is 0.00427. The second-order valence-electron chi connectivity index (χ2n) is 4.85. The minimum absolute atomic E-state index is 0.00427. The summed E-state index contributed by atoms with van der Waals surface area (Å²) in [6, 6.07) is 7.39. The summed E-state index contributed by atoms with van der Waals surface area (Å²) in [5.41, 5.74) is 7.29. The molecule has 0 saturated carbocycles. The van der Waals surface area contributed by atoms with E-state index in [2.05, 4.69) is 0 Å². The Labute approximate surface area is 116 Å². The van der Waals surface area contributed by atoms with Gasteiger partial charge in [-0.1, -0.05) is 24.3 Å². The van der Waals surface area contributed by atoms with Gasteiger partial charge >= 0.3 is 0 Å². The van der Waals surface area contributed by atoms with E-state index in [1.165, 1.54) is 4.31 Å². The minimum atomic E-state index is -3.29. The van der Waals surface area contributed by atoms with E-state index in [1.54, 1.807) is 7.05 Å². The van der Waals surface area contributed by atoms with Crippen LogP contribution in [0.15, 0.2) is 24.3 Å². The zero-order valence-electron chi connectivity index (χ0n) is 11.8. The SMILES string of the molecule is CN(C)CCN(C)S(=O)(=O)Cc1ccccc1CN. The molecule has 0 aliphatic rings. The van der Waals surface area contributed by atoms with Crippen LogP contribution in [0.5, 0.6) is 0 Å². The molecule has 0 spiro atoms. The van der Waals surface area contributed by atoms with Crippen molar-refractivity contribution in [1.29, 1.82) is 0 Å². The normalized spacial score (nSPS) is 12.3. The molecular weight excluding hydrogens is 262 g/mol. The van der Waals surface area contributed by atoms with Crippen LogP contribution in [0.2, 0.25) is 0 Å². The lowest BCUT2D eigenvalue weighted by atomic mass is 10.1. The van der Waals surface area contributed by atoms with Crippen molar-refractivity contribution in [2.24, 2.45) is 5.73 Å². The Morgan fingerprint density at radius 2 is 1.63 bits per heavy atom. The molecule has 19 heavy (non-hydrogen) atoms. The van der Waals surface area contributed by atoms with E-state index in [-0.39, 0.29) is 5.75 Å². The molecule has 108 valence electrons. The van der Waals surface area contributed by atoms with Gasteiger partial charge in [0.1, 0.15) is 0 Å². The molecule has 0 unspecified atom stereocenters. The van der Waals surface area contributed by atoms with Gasteiger partial charge in [-0.15, -0.1) is 0 Å². The molecule has 0 amide bonds. The van der Waals surface area contributed by atoms with Crippen molar-refractivity contribution in [2.75, 3.05) is 34.2 Å². The molecule has 0 heterocycles. The molecule has 0 atom stereocenters. The first kappa shape index (κ1) is 16.1. The maximum atomic E-state index is 12.2. The molecular formula is C13H23N3O2S. The fourth-order valence-electron chi connectivity index (χ4n) is 1.68. The third-order valence-electron chi connectivity index (χ3n) is 3.01. The second kappa shape index (κ2) is 7.00. The molecule has 1 aromatic carbocycles. The van der Waals surface area contributed by atoms with Crippen molar-refractivity contribution in [1.82, 2.24) is 9.21 Å². The Hall–Kier alpha value is -0.950. The highest BCUT2D eigenvalue weighted by Gasteiger charge is 2.19. The van der Waals surface area contributed by atoms with Crippen LogP contribution in [0, 0.1) is 0 Å². The van der Waals surface area contributed by atoms with Gasteiger partial charge in [0, 0.05) is 26.7 Å². The number of hydrogen-bond acceptors (Lipinski definition) is 4. The Morgan fingerprint density at radius 1 is 1.05 bits per heavy atom. The Kier molecular flexibility index (Phi) is 5.93. The van der Waals surface area contributed by atoms with Gasteiger partial charge in [0.05, 0.1) is 5.75 Å². The monoisotopic (exact) mass is 285 g/mol. The minimum Gasteiger partial charge on any atom is -0.326 e. The van der Waals surface area contributed by atoms with Crippen molar-refractivity contribution >= 4 is 10.0 Å². The van der Waals surface area contributed by atoms with Gasteiger partial charge in [-0.3, -0.25) is 0 Å². The van der Waals surface area contributed by atoms with E-state index in [1.807, 2.05) is 43.3 Å². The third kappa shape index (κ3) is 4.91. The van der Waals surface area contributed by atoms with Gasteiger partial charge in [-0.05, 0) is 25.2 Å². The quantitative estimate of drug-likeness (QED) is 0.791. The summed E-state index contributed by atoms with van der Waals surface area (Å²) in [4.78, 5) is 1.96. The van der Waals surface area contributed by atoms with E-state index in [9.17, 15) is 8.42 Å². The van der Waals surface area contributed by atoms with Gasteiger partial charge < -0.3 is 10.6 Å². The van der Waals surface area contributed by atoms with Gasteiger partial charge in [0.25, 0.3) is 0 Å². The highest BCUT2D eigenvalue weighted by atomic mass is 32.2. The Bertz CT molecular complexity index is 500. The Balaban J connectivity index is 2.78. The van der Waals surface area contributed by atoms with Crippen LogP contribution >= 0.6 is 0 Å². The molecule has 5 nitrogen and oxygen atoms in total. The standard InChI is InChI=1S/C13H23N3O2S/c1-15(2)8-9-16(3)19(17,18)11-13-7-5-4-6-12(13)10-14/h4-7H,8-11,14H2,1-3H3. The van der Waals surface area contributed by atoms with Crippen LogP contribution in [0.1, 0.15) is 11.1 Å². The van der Waals surface area contributed by atoms with Crippen molar-refractivity contribution in [3.05, 3.63) is 35.4 Å². The van der Waals surface area contributed by atoms with Crippen molar-refractivity contribution in [3.8, 4) is 0 Å². The Morgan fingerprint density at radius 3 is 2.16 bits per heavy atom. The van der Waals surface area contributed by atoms with Gasteiger partial charge in [0.2, 0.25) is 10.0 Å². The molecule has 6 heteroatoms. The molecule has 0 radical (unpaired) electrons. The first-order valence-electron chi connectivity index (χ1n) is 6.22. The molecule has 0 saturated heterocycles. The van der Waals surface area contributed by atoms with E-state index in [0.29, 0.717) is 19.6 Å². The third-order valence-corrected chi connectivity index (χ3v) is 4.82. The van der Waals surface area contributed by atoms with E-state index in [4.69, 9.17) is 5.73 Å². The predicted octanol–water partition coefficient (Wildman–Crippen LogP) is 0.469. The number of hydrogen-bond donors (Lipinski definition) is 1. The van der Waals surface area contributed by atoms with Crippen molar-refractivity contribution < 1.29 is 8.42 Å². The van der Waals surface area contributed by atoms with Crippen LogP contribution in [0.3, 0.4) is 0 Å². The summed E-state index contributed by atoms with van der Waals surface area (Å²) in [7, 11) is 2.17. The van der Waals surface area contributed by atoms with Crippen molar-refractivity contribution in [2.45, 2.75) is 12.3 Å². The van der Waals surface area contributed by atoms with Crippen molar-refractivity contribution in [3.63, 3.8) is 0 Å². The topological polar surface area (TPSA) is 66.6 Å². The van der Waals surface area contributed by atoms with Crippen LogP contribution in [0.4, 0.5) is 0 Å². The molecule has 0 aliphatic carbocycles. The zero-order chi connectivity index (χ0) is 14.5.